The summed E-state index contributed by atoms with van der Waals surface area (Å²) in [5.41, 5.74) is 7.86. The fourth-order valence-electron chi connectivity index (χ4n) is 1.61. The number of piperidine rings is 1. The molecular weight excluding hydrogens is 220 g/mol. The number of hydrogen-bond donors (Lipinski definition) is 1. The lowest BCUT2D eigenvalue weighted by molar-refractivity contribution is -0.153. The van der Waals surface area contributed by atoms with E-state index < -0.39 is 5.41 Å². The SMILES string of the molecule is CC(C)(C)C(=O)OCC1CCC(N=[N+]=[N-])CN1. The molecule has 0 aromatic rings. The summed E-state index contributed by atoms with van der Waals surface area (Å²) in [6.45, 7) is 6.55. The molecule has 0 aromatic carbocycles. The van der Waals surface area contributed by atoms with Gasteiger partial charge in [0, 0.05) is 23.5 Å². The van der Waals surface area contributed by atoms with Gasteiger partial charge in [-0.3, -0.25) is 4.79 Å². The van der Waals surface area contributed by atoms with Crippen LogP contribution in [0.25, 0.3) is 10.4 Å². The number of nitrogens with zero attached hydrogens (tertiary/aromatic N) is 3. The van der Waals surface area contributed by atoms with E-state index in [2.05, 4.69) is 15.3 Å². The normalized spacial score (nSPS) is 24.9. The second kappa shape index (κ2) is 5.89. The summed E-state index contributed by atoms with van der Waals surface area (Å²) in [6.07, 6.45) is 1.70. The van der Waals surface area contributed by atoms with Crippen molar-refractivity contribution in [1.82, 2.24) is 5.32 Å². The van der Waals surface area contributed by atoms with Crippen molar-refractivity contribution >= 4 is 5.97 Å². The molecule has 0 aromatic heterocycles. The summed E-state index contributed by atoms with van der Waals surface area (Å²) in [5.74, 6) is -0.184. The first-order valence-corrected chi connectivity index (χ1v) is 5.88. The highest BCUT2D eigenvalue weighted by atomic mass is 16.5. The molecule has 1 saturated heterocycles. The van der Waals surface area contributed by atoms with Crippen molar-refractivity contribution < 1.29 is 9.53 Å². The monoisotopic (exact) mass is 240 g/mol. The molecule has 0 amide bonds. The standard InChI is InChI=1S/C11H20N4O2/c1-11(2,3)10(16)17-7-9-5-4-8(6-13-9)14-15-12/h8-9,13H,4-7H2,1-3H3. The van der Waals surface area contributed by atoms with E-state index in [1.54, 1.807) is 0 Å². The van der Waals surface area contributed by atoms with E-state index in [1.165, 1.54) is 0 Å². The minimum Gasteiger partial charge on any atom is -0.464 e. The minimum absolute atomic E-state index is 0.0227. The lowest BCUT2D eigenvalue weighted by Gasteiger charge is -2.28. The van der Waals surface area contributed by atoms with Crippen LogP contribution in [-0.4, -0.2) is 31.2 Å². The summed E-state index contributed by atoms with van der Waals surface area (Å²) in [5, 5.41) is 6.88. The number of azide groups is 1. The van der Waals surface area contributed by atoms with E-state index in [4.69, 9.17) is 10.3 Å². The van der Waals surface area contributed by atoms with Crippen molar-refractivity contribution in [2.24, 2.45) is 10.5 Å². The molecule has 6 heteroatoms. The minimum atomic E-state index is -0.456. The van der Waals surface area contributed by atoms with Gasteiger partial charge >= 0.3 is 5.97 Å². The Hall–Kier alpha value is -1.26. The van der Waals surface area contributed by atoms with Gasteiger partial charge in [-0.25, -0.2) is 0 Å². The van der Waals surface area contributed by atoms with Gasteiger partial charge in [-0.15, -0.1) is 0 Å². The van der Waals surface area contributed by atoms with Gasteiger partial charge in [0.2, 0.25) is 0 Å². The molecule has 1 N–H and O–H groups in total. The zero-order chi connectivity index (χ0) is 12.9. The number of hydrogen-bond acceptors (Lipinski definition) is 4. The van der Waals surface area contributed by atoms with Crippen molar-refractivity contribution in [1.29, 1.82) is 0 Å². The van der Waals surface area contributed by atoms with Gasteiger partial charge in [-0.2, -0.15) is 0 Å². The van der Waals surface area contributed by atoms with Crippen molar-refractivity contribution in [2.75, 3.05) is 13.2 Å². The zero-order valence-corrected chi connectivity index (χ0v) is 10.6. The molecule has 1 aliphatic heterocycles. The number of carbonyl (C=O) groups excluding carboxylic acids is 1. The molecule has 1 rings (SSSR count). The van der Waals surface area contributed by atoms with Crippen LogP contribution in [0.3, 0.4) is 0 Å². The molecular formula is C11H20N4O2. The van der Waals surface area contributed by atoms with Crippen LogP contribution in [0.5, 0.6) is 0 Å². The number of nitrogens with one attached hydrogen (secondary N) is 1. The van der Waals surface area contributed by atoms with Gasteiger partial charge in [0.15, 0.2) is 0 Å². The van der Waals surface area contributed by atoms with Crippen LogP contribution in [0.1, 0.15) is 33.6 Å². The summed E-state index contributed by atoms with van der Waals surface area (Å²) >= 11 is 0. The third-order valence-corrected chi connectivity index (χ3v) is 2.73. The predicted octanol–water partition coefficient (Wildman–Crippen LogP) is 2.01. The highest BCUT2D eigenvalue weighted by molar-refractivity contribution is 5.75. The molecule has 1 aliphatic rings. The van der Waals surface area contributed by atoms with Crippen LogP contribution in [0.2, 0.25) is 0 Å². The van der Waals surface area contributed by atoms with E-state index in [9.17, 15) is 4.79 Å². The number of rotatable bonds is 3. The maximum atomic E-state index is 11.6. The second-order valence-corrected chi connectivity index (χ2v) is 5.39. The Morgan fingerprint density at radius 1 is 1.53 bits per heavy atom. The Balaban J connectivity index is 2.27. The molecule has 1 fully saturated rings. The highest BCUT2D eigenvalue weighted by Crippen LogP contribution is 2.17. The predicted molar refractivity (Wildman–Crippen MR) is 64.4 cm³/mol. The smallest absolute Gasteiger partial charge is 0.311 e. The maximum Gasteiger partial charge on any atom is 0.311 e. The summed E-state index contributed by atoms with van der Waals surface area (Å²) in [7, 11) is 0. The number of ether oxygens (including phenoxy) is 1. The van der Waals surface area contributed by atoms with Gasteiger partial charge in [0.25, 0.3) is 0 Å². The van der Waals surface area contributed by atoms with Crippen LogP contribution in [0, 0.1) is 5.41 Å². The van der Waals surface area contributed by atoms with Crippen LogP contribution >= 0.6 is 0 Å². The zero-order valence-electron chi connectivity index (χ0n) is 10.6. The van der Waals surface area contributed by atoms with E-state index in [1.807, 2.05) is 20.8 Å². The lowest BCUT2D eigenvalue weighted by Crippen LogP contribution is -2.44. The molecule has 6 nitrogen and oxygen atoms in total. The molecule has 0 radical (unpaired) electrons. The fraction of sp³-hybridized carbons (Fsp3) is 0.909. The van der Waals surface area contributed by atoms with Crippen LogP contribution in [0.4, 0.5) is 0 Å². The first kappa shape index (κ1) is 13.8. The topological polar surface area (TPSA) is 87.1 Å². The Morgan fingerprint density at radius 2 is 2.24 bits per heavy atom. The average Bonchev–Trinajstić information content (AvgIpc) is 2.27. The van der Waals surface area contributed by atoms with E-state index in [-0.39, 0.29) is 18.1 Å². The quantitative estimate of drug-likeness (QED) is 0.354. The van der Waals surface area contributed by atoms with Gasteiger partial charge < -0.3 is 10.1 Å². The van der Waals surface area contributed by atoms with Gasteiger partial charge in [-0.1, -0.05) is 5.11 Å². The first-order chi connectivity index (χ1) is 7.93. The number of esters is 1. The van der Waals surface area contributed by atoms with E-state index >= 15 is 0 Å². The van der Waals surface area contributed by atoms with E-state index in [0.29, 0.717) is 13.2 Å². The van der Waals surface area contributed by atoms with Gasteiger partial charge in [-0.05, 0) is 39.1 Å². The third-order valence-electron chi connectivity index (χ3n) is 2.73. The molecule has 2 unspecified atom stereocenters. The van der Waals surface area contributed by atoms with Crippen LogP contribution < -0.4 is 5.32 Å². The van der Waals surface area contributed by atoms with Crippen molar-refractivity contribution in [3.8, 4) is 0 Å². The molecule has 1 heterocycles. The molecule has 96 valence electrons. The van der Waals surface area contributed by atoms with Gasteiger partial charge in [0.05, 0.1) is 5.41 Å². The molecule has 0 spiro atoms. The third kappa shape index (κ3) is 4.63. The highest BCUT2D eigenvalue weighted by Gasteiger charge is 2.25. The average molecular weight is 240 g/mol. The van der Waals surface area contributed by atoms with Crippen molar-refractivity contribution in [3.63, 3.8) is 0 Å². The van der Waals surface area contributed by atoms with E-state index in [0.717, 1.165) is 12.8 Å². The fourth-order valence-corrected chi connectivity index (χ4v) is 1.61. The van der Waals surface area contributed by atoms with Crippen LogP contribution in [-0.2, 0) is 9.53 Å². The Labute approximate surface area is 101 Å². The maximum absolute atomic E-state index is 11.6. The van der Waals surface area contributed by atoms with Crippen molar-refractivity contribution in [2.45, 2.75) is 45.7 Å². The first-order valence-electron chi connectivity index (χ1n) is 5.88. The second-order valence-electron chi connectivity index (χ2n) is 5.39. The molecule has 0 saturated carbocycles. The summed E-state index contributed by atoms with van der Waals surface area (Å²) in [6, 6.07) is 0.195. The van der Waals surface area contributed by atoms with Gasteiger partial charge in [0.1, 0.15) is 6.61 Å². The number of carbonyl (C=O) groups is 1. The summed E-state index contributed by atoms with van der Waals surface area (Å²) < 4.78 is 5.24. The lowest BCUT2D eigenvalue weighted by atomic mass is 9.97. The Bertz CT molecular complexity index is 310. The van der Waals surface area contributed by atoms with Crippen molar-refractivity contribution in [3.05, 3.63) is 10.4 Å². The molecule has 17 heavy (non-hydrogen) atoms. The van der Waals surface area contributed by atoms with Crippen LogP contribution in [0.15, 0.2) is 5.11 Å². The molecule has 2 atom stereocenters. The molecule has 0 bridgehead atoms. The Morgan fingerprint density at radius 3 is 2.71 bits per heavy atom. The molecule has 0 aliphatic carbocycles. The Kier molecular flexibility index (Phi) is 4.78. The summed E-state index contributed by atoms with van der Waals surface area (Å²) in [4.78, 5) is 14.3. The largest absolute Gasteiger partial charge is 0.464 e.